The molecule has 0 amide bonds. The van der Waals surface area contributed by atoms with E-state index in [0.717, 1.165) is 83.5 Å². The van der Waals surface area contributed by atoms with Crippen molar-refractivity contribution in [1.82, 2.24) is 0 Å². The van der Waals surface area contributed by atoms with Crippen molar-refractivity contribution in [1.29, 1.82) is 0 Å². The SMILES string of the molecule is CCCCC/C=C\C/C=C\CCCCCCCCCC(=O)OCC(COC(=O)CCCCCCCCCCCCCCCCCCCCCCCCCCCCCC)OC(=O)CCCCCCCCC/C=C\C/C=C\CCCCC. The fraction of sp³-hybridized carbons (Fsp3) is 0.851. The smallest absolute Gasteiger partial charge is 0.306 e. The minimum absolute atomic E-state index is 0.0751. The summed E-state index contributed by atoms with van der Waals surface area (Å²) in [5.41, 5.74) is 0. The number of hydrogen-bond acceptors (Lipinski definition) is 6. The quantitative estimate of drug-likeness (QED) is 0.0261. The van der Waals surface area contributed by atoms with Crippen LogP contribution in [0.2, 0.25) is 0 Å². The summed E-state index contributed by atoms with van der Waals surface area (Å²) in [5, 5.41) is 0. The highest BCUT2D eigenvalue weighted by Gasteiger charge is 2.19. The molecule has 0 fully saturated rings. The van der Waals surface area contributed by atoms with Gasteiger partial charge in [-0.15, -0.1) is 0 Å². The lowest BCUT2D eigenvalue weighted by atomic mass is 10.0. The molecule has 6 heteroatoms. The maximum atomic E-state index is 12.9. The Morgan fingerprint density at radius 2 is 0.450 bits per heavy atom. The van der Waals surface area contributed by atoms with Gasteiger partial charge in [0.1, 0.15) is 13.2 Å². The summed E-state index contributed by atoms with van der Waals surface area (Å²) in [6.45, 7) is 6.65. The first-order chi connectivity index (χ1) is 39.5. The van der Waals surface area contributed by atoms with Crippen LogP contribution >= 0.6 is 0 Å². The number of ether oxygens (including phenoxy) is 3. The van der Waals surface area contributed by atoms with Gasteiger partial charge >= 0.3 is 17.9 Å². The number of unbranched alkanes of at least 4 members (excludes halogenated alkanes) is 47. The van der Waals surface area contributed by atoms with Gasteiger partial charge in [0.05, 0.1) is 0 Å². The highest BCUT2D eigenvalue weighted by Crippen LogP contribution is 2.18. The highest BCUT2D eigenvalue weighted by molar-refractivity contribution is 5.71. The highest BCUT2D eigenvalue weighted by atomic mass is 16.6. The van der Waals surface area contributed by atoms with Crippen molar-refractivity contribution in [3.63, 3.8) is 0 Å². The van der Waals surface area contributed by atoms with Crippen molar-refractivity contribution in [3.8, 4) is 0 Å². The van der Waals surface area contributed by atoms with Crippen molar-refractivity contribution >= 4 is 17.9 Å². The molecule has 0 aromatic rings. The number of esters is 3. The van der Waals surface area contributed by atoms with E-state index >= 15 is 0 Å². The molecule has 0 saturated carbocycles. The van der Waals surface area contributed by atoms with Crippen LogP contribution in [-0.4, -0.2) is 37.2 Å². The summed E-state index contributed by atoms with van der Waals surface area (Å²) in [5.74, 6) is -0.866. The van der Waals surface area contributed by atoms with Gasteiger partial charge in [-0.1, -0.05) is 333 Å². The van der Waals surface area contributed by atoms with Crippen molar-refractivity contribution in [2.75, 3.05) is 13.2 Å². The van der Waals surface area contributed by atoms with Crippen molar-refractivity contribution in [3.05, 3.63) is 48.6 Å². The van der Waals surface area contributed by atoms with Gasteiger partial charge in [-0.2, -0.15) is 0 Å². The van der Waals surface area contributed by atoms with Crippen molar-refractivity contribution in [2.45, 2.75) is 393 Å². The third kappa shape index (κ3) is 66.2. The zero-order valence-electron chi connectivity index (χ0n) is 53.9. The molecule has 1 atom stereocenters. The summed E-state index contributed by atoms with van der Waals surface area (Å²) in [6, 6.07) is 0. The maximum Gasteiger partial charge on any atom is 0.306 e. The first-order valence-corrected chi connectivity index (χ1v) is 35.6. The van der Waals surface area contributed by atoms with Gasteiger partial charge in [-0.3, -0.25) is 14.4 Å². The summed E-state index contributed by atoms with van der Waals surface area (Å²) in [7, 11) is 0. The van der Waals surface area contributed by atoms with Gasteiger partial charge in [-0.25, -0.2) is 0 Å². The minimum Gasteiger partial charge on any atom is -0.462 e. The van der Waals surface area contributed by atoms with Crippen molar-refractivity contribution in [2.24, 2.45) is 0 Å². The summed E-state index contributed by atoms with van der Waals surface area (Å²) in [4.78, 5) is 38.4. The zero-order chi connectivity index (χ0) is 57.8. The lowest BCUT2D eigenvalue weighted by molar-refractivity contribution is -0.167. The van der Waals surface area contributed by atoms with E-state index in [1.165, 1.54) is 263 Å². The predicted molar refractivity (Wildman–Crippen MR) is 349 cm³/mol. The van der Waals surface area contributed by atoms with Gasteiger partial charge in [0.2, 0.25) is 0 Å². The van der Waals surface area contributed by atoms with Crippen LogP contribution in [0, 0.1) is 0 Å². The van der Waals surface area contributed by atoms with Crippen LogP contribution in [-0.2, 0) is 28.6 Å². The molecule has 0 aliphatic heterocycles. The van der Waals surface area contributed by atoms with E-state index in [1.807, 2.05) is 0 Å². The lowest BCUT2D eigenvalue weighted by Crippen LogP contribution is -2.30. The molecule has 0 aliphatic rings. The Bertz CT molecular complexity index is 1380. The lowest BCUT2D eigenvalue weighted by Gasteiger charge is -2.18. The summed E-state index contributed by atoms with van der Waals surface area (Å²) < 4.78 is 17.0. The molecule has 0 spiro atoms. The normalized spacial score (nSPS) is 12.3. The number of rotatable bonds is 66. The summed E-state index contributed by atoms with van der Waals surface area (Å²) >= 11 is 0. The van der Waals surface area contributed by atoms with Crippen LogP contribution in [0.4, 0.5) is 0 Å². The average Bonchev–Trinajstić information content (AvgIpc) is 3.46. The van der Waals surface area contributed by atoms with Crippen LogP contribution in [0.15, 0.2) is 48.6 Å². The van der Waals surface area contributed by atoms with E-state index in [-0.39, 0.29) is 31.1 Å². The predicted octanol–water partition coefficient (Wildman–Crippen LogP) is 24.5. The van der Waals surface area contributed by atoms with Gasteiger partial charge < -0.3 is 14.2 Å². The monoisotopic (exact) mass is 1120 g/mol. The van der Waals surface area contributed by atoms with E-state index in [2.05, 4.69) is 69.4 Å². The van der Waals surface area contributed by atoms with Gasteiger partial charge in [-0.05, 0) is 83.5 Å². The van der Waals surface area contributed by atoms with Crippen molar-refractivity contribution < 1.29 is 28.6 Å². The third-order valence-corrected chi connectivity index (χ3v) is 16.1. The molecule has 1 unspecified atom stereocenters. The fourth-order valence-electron chi connectivity index (χ4n) is 10.7. The van der Waals surface area contributed by atoms with Crippen LogP contribution in [0.5, 0.6) is 0 Å². The minimum atomic E-state index is -0.781. The molecular formula is C74H136O6. The molecule has 0 aromatic carbocycles. The second kappa shape index (κ2) is 68.9. The molecule has 0 rings (SSSR count). The van der Waals surface area contributed by atoms with E-state index < -0.39 is 6.10 Å². The Morgan fingerprint density at radius 1 is 0.250 bits per heavy atom. The second-order valence-electron chi connectivity index (χ2n) is 24.1. The maximum absolute atomic E-state index is 12.9. The molecule has 0 aromatic heterocycles. The van der Waals surface area contributed by atoms with E-state index in [4.69, 9.17) is 14.2 Å². The van der Waals surface area contributed by atoms with E-state index in [9.17, 15) is 14.4 Å². The standard InChI is InChI=1S/C74H136O6/c1-4-7-10-13-16-19-22-25-28-31-32-33-34-35-36-37-38-39-40-41-44-46-49-52-55-58-61-64-67-73(76)79-70-71(80-74(77)68-65-62-59-56-53-50-47-43-30-27-24-21-18-15-12-9-6-3)69-78-72(75)66-63-60-57-54-51-48-45-42-29-26-23-20-17-14-11-8-5-2/h17-18,20-21,26-27,29-30,71H,4-16,19,22-25,28,31-70H2,1-3H3/b20-17-,21-18-,29-26-,30-27-. The van der Waals surface area contributed by atoms with E-state index in [0.29, 0.717) is 19.3 Å². The topological polar surface area (TPSA) is 78.9 Å². The number of carbonyl (C=O) groups excluding carboxylic acids is 3. The number of carbonyl (C=O) groups is 3. The van der Waals surface area contributed by atoms with Gasteiger partial charge in [0.15, 0.2) is 6.10 Å². The molecule has 468 valence electrons. The molecule has 0 radical (unpaired) electrons. The van der Waals surface area contributed by atoms with Crippen LogP contribution in [0.3, 0.4) is 0 Å². The number of allylic oxidation sites excluding steroid dienone is 8. The third-order valence-electron chi connectivity index (χ3n) is 16.1. The first kappa shape index (κ1) is 77.4. The molecule has 0 aliphatic carbocycles. The zero-order valence-corrected chi connectivity index (χ0v) is 53.9. The van der Waals surface area contributed by atoms with Crippen LogP contribution in [0.1, 0.15) is 387 Å². The van der Waals surface area contributed by atoms with Gasteiger partial charge in [0.25, 0.3) is 0 Å². The first-order valence-electron chi connectivity index (χ1n) is 35.6. The van der Waals surface area contributed by atoms with Crippen LogP contribution < -0.4 is 0 Å². The van der Waals surface area contributed by atoms with E-state index in [1.54, 1.807) is 0 Å². The largest absolute Gasteiger partial charge is 0.462 e. The molecule has 0 N–H and O–H groups in total. The molecule has 0 heterocycles. The van der Waals surface area contributed by atoms with Crippen LogP contribution in [0.25, 0.3) is 0 Å². The summed E-state index contributed by atoms with van der Waals surface area (Å²) in [6.07, 6.45) is 87.1. The average molecular weight is 1120 g/mol. The molecule has 80 heavy (non-hydrogen) atoms. The Labute approximate surface area is 498 Å². The number of hydrogen-bond donors (Lipinski definition) is 0. The Kier molecular flexibility index (Phi) is 66.6. The Balaban J connectivity index is 4.24. The van der Waals surface area contributed by atoms with Gasteiger partial charge in [0, 0.05) is 19.3 Å². The second-order valence-corrected chi connectivity index (χ2v) is 24.1. The Morgan fingerprint density at radius 3 is 0.713 bits per heavy atom. The fourth-order valence-corrected chi connectivity index (χ4v) is 10.7. The molecule has 6 nitrogen and oxygen atoms in total. The molecular weight excluding hydrogens is 985 g/mol. The Hall–Kier alpha value is -2.63. The molecule has 0 saturated heterocycles. The molecule has 0 bridgehead atoms.